The summed E-state index contributed by atoms with van der Waals surface area (Å²) in [6.45, 7) is 3.70. The van der Waals surface area contributed by atoms with E-state index in [9.17, 15) is 9.59 Å². The van der Waals surface area contributed by atoms with Crippen molar-refractivity contribution in [3.63, 3.8) is 0 Å². The van der Waals surface area contributed by atoms with Crippen molar-refractivity contribution in [1.29, 1.82) is 0 Å². The molecule has 0 saturated carbocycles. The quantitative estimate of drug-likeness (QED) is 0.562. The van der Waals surface area contributed by atoms with E-state index in [2.05, 4.69) is 20.2 Å². The summed E-state index contributed by atoms with van der Waals surface area (Å²) in [5.41, 5.74) is -1.13. The van der Waals surface area contributed by atoms with Crippen molar-refractivity contribution in [3.8, 4) is 5.69 Å². The Morgan fingerprint density at radius 3 is 2.40 bits per heavy atom. The van der Waals surface area contributed by atoms with Gasteiger partial charge < -0.3 is 4.52 Å². The molecule has 0 aliphatic rings. The van der Waals surface area contributed by atoms with E-state index >= 15 is 0 Å². The fourth-order valence-corrected chi connectivity index (χ4v) is 3.66. The number of halogens is 3. The lowest BCUT2D eigenvalue weighted by atomic mass is 9.83. The minimum atomic E-state index is -0.733. The molecule has 0 atom stereocenters. The molecule has 1 N–H and O–H groups in total. The molecule has 3 aromatic rings. The van der Waals surface area contributed by atoms with Crippen LogP contribution in [-0.4, -0.2) is 24.9 Å². The lowest BCUT2D eigenvalue weighted by Crippen LogP contribution is -2.30. The average Bonchev–Trinajstić information content (AvgIpc) is 2.93. The van der Waals surface area contributed by atoms with Gasteiger partial charge in [-0.25, -0.2) is 4.79 Å². The van der Waals surface area contributed by atoms with Gasteiger partial charge >= 0.3 is 5.69 Å². The van der Waals surface area contributed by atoms with Gasteiger partial charge in [0.25, 0.3) is 9.46 Å². The summed E-state index contributed by atoms with van der Waals surface area (Å²) in [6, 6.07) is 3.06. The number of rotatable bonds is 3. The number of nitrogens with one attached hydrogen (secondary N) is 1. The molecule has 0 saturated heterocycles. The molecule has 3 rings (SSSR count). The third kappa shape index (κ3) is 3.35. The number of nitrogens with zero attached hydrogens (tertiary/aromatic N) is 4. The van der Waals surface area contributed by atoms with Crippen LogP contribution in [0.25, 0.3) is 5.69 Å². The van der Waals surface area contributed by atoms with E-state index in [1.165, 1.54) is 12.1 Å². The Labute approximate surface area is 164 Å². The van der Waals surface area contributed by atoms with Crippen LogP contribution in [0.4, 0.5) is 0 Å². The minimum absolute atomic E-state index is 0.298. The van der Waals surface area contributed by atoms with Crippen LogP contribution in [0.2, 0.25) is 10.0 Å². The Bertz CT molecular complexity index is 1050. The molecular weight excluding hydrogens is 484 g/mol. The predicted octanol–water partition coefficient (Wildman–Crippen LogP) is 2.54. The van der Waals surface area contributed by atoms with Crippen LogP contribution in [0.15, 0.2) is 32.4 Å². The summed E-state index contributed by atoms with van der Waals surface area (Å²) in [5, 5.41) is 8.32. The molecule has 0 fully saturated rings. The van der Waals surface area contributed by atoms with E-state index in [4.69, 9.17) is 27.7 Å². The van der Waals surface area contributed by atoms with E-state index in [0.29, 0.717) is 31.0 Å². The van der Waals surface area contributed by atoms with Crippen LogP contribution in [0.3, 0.4) is 0 Å². The minimum Gasteiger partial charge on any atom is -0.328 e. The molecule has 1 aromatic carbocycles. The highest BCUT2D eigenvalue weighted by atomic mass is 127. The Hall–Kier alpha value is -1.72. The van der Waals surface area contributed by atoms with Gasteiger partial charge in [0.15, 0.2) is 5.82 Å². The van der Waals surface area contributed by atoms with Crippen LogP contribution in [0.5, 0.6) is 0 Å². The van der Waals surface area contributed by atoms with Gasteiger partial charge in [0, 0.05) is 38.2 Å². The van der Waals surface area contributed by atoms with Gasteiger partial charge in [-0.15, -0.1) is 0 Å². The molecule has 25 heavy (non-hydrogen) atoms. The number of H-pyrrole nitrogens is 1. The van der Waals surface area contributed by atoms with Gasteiger partial charge in [-0.2, -0.15) is 14.8 Å². The third-order valence-electron chi connectivity index (χ3n) is 3.57. The maximum absolute atomic E-state index is 11.9. The molecule has 11 heteroatoms. The van der Waals surface area contributed by atoms with Crippen molar-refractivity contribution in [2.45, 2.75) is 19.3 Å². The molecule has 130 valence electrons. The highest BCUT2D eigenvalue weighted by Gasteiger charge is 2.33. The molecule has 0 aliphatic carbocycles. The average molecular weight is 494 g/mol. The largest absolute Gasteiger partial charge is 0.349 e. The van der Waals surface area contributed by atoms with E-state index in [-0.39, 0.29) is 0 Å². The van der Waals surface area contributed by atoms with Gasteiger partial charge in [-0.1, -0.05) is 28.4 Å². The summed E-state index contributed by atoms with van der Waals surface area (Å²) in [7, 11) is 0. The first kappa shape index (κ1) is 18.1. The summed E-state index contributed by atoms with van der Waals surface area (Å²) >= 11 is 14.8. The van der Waals surface area contributed by atoms with Crippen molar-refractivity contribution < 1.29 is 4.52 Å². The van der Waals surface area contributed by atoms with Crippen LogP contribution >= 0.6 is 45.8 Å². The van der Waals surface area contributed by atoms with E-state index in [0.717, 1.165) is 10.9 Å². The van der Waals surface area contributed by atoms with Crippen molar-refractivity contribution in [1.82, 2.24) is 24.9 Å². The van der Waals surface area contributed by atoms with Gasteiger partial charge in [0.1, 0.15) is 6.20 Å². The zero-order chi connectivity index (χ0) is 18.4. The smallest absolute Gasteiger partial charge is 0.328 e. The molecule has 2 heterocycles. The normalized spacial score (nSPS) is 11.7. The van der Waals surface area contributed by atoms with Crippen molar-refractivity contribution in [3.05, 3.63) is 64.5 Å². The molecule has 0 radical (unpaired) electrons. The van der Waals surface area contributed by atoms with E-state index in [1.54, 1.807) is 0 Å². The van der Waals surface area contributed by atoms with Crippen LogP contribution in [0, 0.1) is 3.90 Å². The van der Waals surface area contributed by atoms with Crippen LogP contribution in [0.1, 0.15) is 25.2 Å². The number of aromatic nitrogens is 5. The van der Waals surface area contributed by atoms with Gasteiger partial charge in [0.05, 0.1) is 11.1 Å². The zero-order valence-electron chi connectivity index (χ0n) is 12.9. The maximum atomic E-state index is 11.9. The van der Waals surface area contributed by atoms with Gasteiger partial charge in [-0.05, 0) is 26.0 Å². The first-order chi connectivity index (χ1) is 11.7. The van der Waals surface area contributed by atoms with E-state index < -0.39 is 16.7 Å². The topological polar surface area (TPSA) is 107 Å². The number of hydrogen-bond donors (Lipinski definition) is 1. The maximum Gasteiger partial charge on any atom is 0.349 e. The standard InChI is InChI=1S/C14H10Cl2IN5O3/c1-14(2,11-20-12(17)25-21-11)10-7(15)3-6(4-8(10)16)22-13(24)19-9(23)5-18-22/h3-5H,1-2H3,(H,19,23,24). The predicted molar refractivity (Wildman–Crippen MR) is 99.6 cm³/mol. The number of hydrogen-bond acceptors (Lipinski definition) is 6. The molecule has 8 nitrogen and oxygen atoms in total. The molecule has 0 amide bonds. The summed E-state index contributed by atoms with van der Waals surface area (Å²) < 4.78 is 6.41. The molecule has 2 aromatic heterocycles. The highest BCUT2D eigenvalue weighted by Crippen LogP contribution is 2.40. The Morgan fingerprint density at radius 2 is 1.88 bits per heavy atom. The first-order valence-corrected chi connectivity index (χ1v) is 8.72. The summed E-state index contributed by atoms with van der Waals surface area (Å²) in [4.78, 5) is 29.4. The second-order valence-electron chi connectivity index (χ2n) is 5.63. The Morgan fingerprint density at radius 1 is 1.24 bits per heavy atom. The van der Waals surface area contributed by atoms with Gasteiger partial charge in [-0.3, -0.25) is 9.78 Å². The highest BCUT2D eigenvalue weighted by molar-refractivity contribution is 14.1. The van der Waals surface area contributed by atoms with E-state index in [1.807, 2.05) is 36.4 Å². The summed E-state index contributed by atoms with van der Waals surface area (Å²) in [6.07, 6.45) is 0.988. The van der Waals surface area contributed by atoms with Crippen LogP contribution in [-0.2, 0) is 5.41 Å². The van der Waals surface area contributed by atoms with Crippen molar-refractivity contribution in [2.75, 3.05) is 0 Å². The Kier molecular flexibility index (Phi) is 4.73. The second kappa shape index (κ2) is 6.54. The number of aromatic amines is 1. The lowest BCUT2D eigenvalue weighted by molar-refractivity contribution is 0.378. The monoisotopic (exact) mass is 493 g/mol. The third-order valence-corrected chi connectivity index (χ3v) is 4.60. The molecule has 0 aliphatic heterocycles. The van der Waals surface area contributed by atoms with Crippen LogP contribution < -0.4 is 11.2 Å². The molecule has 0 unspecified atom stereocenters. The lowest BCUT2D eigenvalue weighted by Gasteiger charge is -2.24. The Balaban J connectivity index is 2.16. The van der Waals surface area contributed by atoms with Crippen molar-refractivity contribution >= 4 is 45.8 Å². The summed E-state index contributed by atoms with van der Waals surface area (Å²) in [5.74, 6) is 0.424. The first-order valence-electron chi connectivity index (χ1n) is 6.88. The molecule has 0 bridgehead atoms. The van der Waals surface area contributed by atoms with Gasteiger partial charge in [0.2, 0.25) is 0 Å². The van der Waals surface area contributed by atoms with Crippen molar-refractivity contribution in [2.24, 2.45) is 0 Å². The fraction of sp³-hybridized carbons (Fsp3) is 0.214. The zero-order valence-corrected chi connectivity index (χ0v) is 16.5. The number of benzene rings is 1. The SMILES string of the molecule is CC(C)(c1noc(I)n1)c1c(Cl)cc(-n2ncc(=O)[nH]c2=O)cc1Cl. The second-order valence-corrected chi connectivity index (χ2v) is 7.37. The molecule has 0 spiro atoms. The fourth-order valence-electron chi connectivity index (χ4n) is 2.39. The molecular formula is C14H10Cl2IN5O3.